The molecule has 0 aliphatic carbocycles. The molecule has 0 aromatic heterocycles. The topological polar surface area (TPSA) is 78.9 Å². The van der Waals surface area contributed by atoms with Crippen LogP contribution >= 0.6 is 0 Å². The summed E-state index contributed by atoms with van der Waals surface area (Å²) in [6.45, 7) is 6.55. The van der Waals surface area contributed by atoms with E-state index in [1.165, 1.54) is 128 Å². The van der Waals surface area contributed by atoms with Gasteiger partial charge in [-0.15, -0.1) is 0 Å². The zero-order chi connectivity index (χ0) is 38.7. The van der Waals surface area contributed by atoms with Gasteiger partial charge >= 0.3 is 17.9 Å². The SMILES string of the molecule is CCCCC/C=C\C/C=C\CCCCCCCCCC(=O)OCC(COC(=O)CCCCCCCC)OC(=O)CCCCCCCCCCCCCC. The fraction of sp³-hybridized carbons (Fsp3) is 0.851. The molecular weight excluding hydrogens is 661 g/mol. The molecular formula is C47H86O6. The zero-order valence-corrected chi connectivity index (χ0v) is 35.3. The molecule has 0 aliphatic rings. The highest BCUT2D eigenvalue weighted by Crippen LogP contribution is 2.15. The number of carbonyl (C=O) groups excluding carboxylic acids is 3. The van der Waals surface area contributed by atoms with Gasteiger partial charge in [0.05, 0.1) is 0 Å². The van der Waals surface area contributed by atoms with Crippen molar-refractivity contribution in [1.82, 2.24) is 0 Å². The normalized spacial score (nSPS) is 12.1. The van der Waals surface area contributed by atoms with E-state index in [0.717, 1.165) is 70.6 Å². The minimum absolute atomic E-state index is 0.0713. The predicted octanol–water partition coefficient (Wildman–Crippen LogP) is 14.4. The maximum absolute atomic E-state index is 12.7. The maximum atomic E-state index is 12.7. The van der Waals surface area contributed by atoms with Crippen LogP contribution in [-0.4, -0.2) is 37.2 Å². The second-order valence-electron chi connectivity index (χ2n) is 15.3. The van der Waals surface area contributed by atoms with E-state index in [1.54, 1.807) is 0 Å². The molecule has 0 bridgehead atoms. The van der Waals surface area contributed by atoms with Crippen LogP contribution in [-0.2, 0) is 28.6 Å². The van der Waals surface area contributed by atoms with E-state index in [2.05, 4.69) is 45.1 Å². The Bertz CT molecular complexity index is 865. The number of allylic oxidation sites excluding steroid dienone is 4. The Balaban J connectivity index is 4.24. The van der Waals surface area contributed by atoms with Gasteiger partial charge in [-0.25, -0.2) is 0 Å². The van der Waals surface area contributed by atoms with Gasteiger partial charge in [0, 0.05) is 19.3 Å². The van der Waals surface area contributed by atoms with E-state index in [0.29, 0.717) is 19.3 Å². The zero-order valence-electron chi connectivity index (χ0n) is 35.3. The summed E-state index contributed by atoms with van der Waals surface area (Å²) in [6.07, 6.45) is 46.0. The molecule has 0 aromatic carbocycles. The largest absolute Gasteiger partial charge is 0.462 e. The van der Waals surface area contributed by atoms with Gasteiger partial charge in [0.15, 0.2) is 6.10 Å². The van der Waals surface area contributed by atoms with Crippen LogP contribution in [0.25, 0.3) is 0 Å². The lowest BCUT2D eigenvalue weighted by Crippen LogP contribution is -2.30. The van der Waals surface area contributed by atoms with E-state index in [4.69, 9.17) is 14.2 Å². The molecule has 6 nitrogen and oxygen atoms in total. The first kappa shape index (κ1) is 50.9. The van der Waals surface area contributed by atoms with Gasteiger partial charge in [-0.05, 0) is 51.4 Å². The molecule has 310 valence electrons. The first-order valence-corrected chi connectivity index (χ1v) is 22.8. The molecule has 0 aliphatic heterocycles. The average Bonchev–Trinajstić information content (AvgIpc) is 3.15. The first-order chi connectivity index (χ1) is 26.0. The first-order valence-electron chi connectivity index (χ1n) is 22.8. The molecule has 0 fully saturated rings. The third kappa shape index (κ3) is 40.9. The minimum Gasteiger partial charge on any atom is -0.462 e. The van der Waals surface area contributed by atoms with Crippen molar-refractivity contribution in [3.8, 4) is 0 Å². The summed E-state index contributed by atoms with van der Waals surface area (Å²) in [6, 6.07) is 0. The highest BCUT2D eigenvalue weighted by molar-refractivity contribution is 5.71. The van der Waals surface area contributed by atoms with Gasteiger partial charge in [-0.1, -0.05) is 193 Å². The highest BCUT2D eigenvalue weighted by atomic mass is 16.6. The number of hydrogen-bond donors (Lipinski definition) is 0. The van der Waals surface area contributed by atoms with Crippen molar-refractivity contribution >= 4 is 17.9 Å². The van der Waals surface area contributed by atoms with Gasteiger partial charge in [0.2, 0.25) is 0 Å². The number of hydrogen-bond acceptors (Lipinski definition) is 6. The molecule has 0 amide bonds. The Morgan fingerprint density at radius 2 is 0.679 bits per heavy atom. The Labute approximate surface area is 328 Å². The molecule has 53 heavy (non-hydrogen) atoms. The molecule has 0 spiro atoms. The van der Waals surface area contributed by atoms with Gasteiger partial charge in [0.25, 0.3) is 0 Å². The third-order valence-electron chi connectivity index (χ3n) is 9.96. The van der Waals surface area contributed by atoms with Gasteiger partial charge < -0.3 is 14.2 Å². The van der Waals surface area contributed by atoms with Crippen LogP contribution in [0.3, 0.4) is 0 Å². The lowest BCUT2D eigenvalue weighted by atomic mass is 10.0. The van der Waals surface area contributed by atoms with Crippen molar-refractivity contribution in [3.05, 3.63) is 24.3 Å². The molecule has 0 saturated carbocycles. The van der Waals surface area contributed by atoms with Crippen LogP contribution in [0, 0.1) is 0 Å². The summed E-state index contributed by atoms with van der Waals surface area (Å²) in [4.78, 5) is 37.5. The second kappa shape index (κ2) is 42.6. The average molecular weight is 747 g/mol. The fourth-order valence-electron chi connectivity index (χ4n) is 6.47. The van der Waals surface area contributed by atoms with Crippen molar-refractivity contribution in [2.75, 3.05) is 13.2 Å². The molecule has 0 N–H and O–H groups in total. The maximum Gasteiger partial charge on any atom is 0.306 e. The molecule has 0 radical (unpaired) electrons. The lowest BCUT2D eigenvalue weighted by Gasteiger charge is -2.18. The predicted molar refractivity (Wildman–Crippen MR) is 224 cm³/mol. The Hall–Kier alpha value is -2.11. The Morgan fingerprint density at radius 1 is 0.377 bits per heavy atom. The Kier molecular flexibility index (Phi) is 40.9. The number of carbonyl (C=O) groups is 3. The third-order valence-corrected chi connectivity index (χ3v) is 9.96. The van der Waals surface area contributed by atoms with Crippen LogP contribution in [0.5, 0.6) is 0 Å². The molecule has 6 heteroatoms. The lowest BCUT2D eigenvalue weighted by molar-refractivity contribution is -0.167. The molecule has 0 heterocycles. The summed E-state index contributed by atoms with van der Waals surface area (Å²) < 4.78 is 16.6. The van der Waals surface area contributed by atoms with Crippen molar-refractivity contribution in [3.63, 3.8) is 0 Å². The van der Waals surface area contributed by atoms with Gasteiger partial charge in [-0.2, -0.15) is 0 Å². The Morgan fingerprint density at radius 3 is 1.08 bits per heavy atom. The summed E-state index contributed by atoms with van der Waals surface area (Å²) in [5.74, 6) is -0.884. The van der Waals surface area contributed by atoms with E-state index >= 15 is 0 Å². The van der Waals surface area contributed by atoms with Crippen LogP contribution in [0.15, 0.2) is 24.3 Å². The fourth-order valence-corrected chi connectivity index (χ4v) is 6.47. The van der Waals surface area contributed by atoms with E-state index in [-0.39, 0.29) is 31.1 Å². The molecule has 0 aromatic rings. The van der Waals surface area contributed by atoms with Crippen molar-refractivity contribution < 1.29 is 28.6 Å². The van der Waals surface area contributed by atoms with E-state index in [9.17, 15) is 14.4 Å². The van der Waals surface area contributed by atoms with Crippen molar-refractivity contribution in [2.24, 2.45) is 0 Å². The number of ether oxygens (including phenoxy) is 3. The van der Waals surface area contributed by atoms with Gasteiger partial charge in [-0.3, -0.25) is 14.4 Å². The second-order valence-corrected chi connectivity index (χ2v) is 15.3. The smallest absolute Gasteiger partial charge is 0.306 e. The highest BCUT2D eigenvalue weighted by Gasteiger charge is 2.19. The van der Waals surface area contributed by atoms with E-state index < -0.39 is 6.10 Å². The van der Waals surface area contributed by atoms with Crippen LogP contribution in [0.2, 0.25) is 0 Å². The molecule has 0 rings (SSSR count). The standard InChI is InChI=1S/C47H86O6/c1-4-7-10-13-16-18-20-22-23-24-25-26-28-29-31-34-37-40-46(49)52-43-44(42-51-45(48)39-36-33-15-12-9-6-3)53-47(50)41-38-35-32-30-27-21-19-17-14-11-8-5-2/h16,18,22-23,44H,4-15,17,19-21,24-43H2,1-3H3/b18-16-,23-22-. The van der Waals surface area contributed by atoms with Crippen LogP contribution < -0.4 is 0 Å². The summed E-state index contributed by atoms with van der Waals surface area (Å²) in [5, 5.41) is 0. The number of unbranched alkanes of at least 4 members (excludes halogenated alkanes) is 26. The van der Waals surface area contributed by atoms with Gasteiger partial charge in [0.1, 0.15) is 13.2 Å². The number of esters is 3. The summed E-state index contributed by atoms with van der Waals surface area (Å²) >= 11 is 0. The van der Waals surface area contributed by atoms with Crippen molar-refractivity contribution in [1.29, 1.82) is 0 Å². The summed E-state index contributed by atoms with van der Waals surface area (Å²) in [7, 11) is 0. The number of rotatable bonds is 41. The van der Waals surface area contributed by atoms with Crippen molar-refractivity contribution in [2.45, 2.75) is 245 Å². The molecule has 1 atom stereocenters. The monoisotopic (exact) mass is 747 g/mol. The molecule has 1 unspecified atom stereocenters. The quantitative estimate of drug-likeness (QED) is 0.0268. The summed E-state index contributed by atoms with van der Waals surface area (Å²) in [5.41, 5.74) is 0. The van der Waals surface area contributed by atoms with E-state index in [1.807, 2.05) is 0 Å². The molecule has 0 saturated heterocycles. The van der Waals surface area contributed by atoms with Crippen LogP contribution in [0.1, 0.15) is 239 Å². The van der Waals surface area contributed by atoms with Crippen LogP contribution in [0.4, 0.5) is 0 Å². The minimum atomic E-state index is -0.765.